The van der Waals surface area contributed by atoms with Gasteiger partial charge in [0.1, 0.15) is 5.82 Å². The van der Waals surface area contributed by atoms with Gasteiger partial charge < -0.3 is 4.57 Å². The van der Waals surface area contributed by atoms with Crippen molar-refractivity contribution in [2.24, 2.45) is 5.14 Å². The zero-order chi connectivity index (χ0) is 15.8. The highest BCUT2D eigenvalue weighted by atomic mass is 32.2. The van der Waals surface area contributed by atoms with Crippen LogP contribution in [0.3, 0.4) is 0 Å². The smallest absolute Gasteiger partial charge is 0.257 e. The largest absolute Gasteiger partial charge is 0.329 e. The van der Waals surface area contributed by atoms with E-state index in [4.69, 9.17) is 5.14 Å². The van der Waals surface area contributed by atoms with Crippen molar-refractivity contribution in [3.63, 3.8) is 0 Å². The third kappa shape index (κ3) is 3.33. The molecule has 2 N–H and O–H groups in total. The fourth-order valence-corrected chi connectivity index (χ4v) is 3.12. The van der Waals surface area contributed by atoms with Gasteiger partial charge in [-0.3, -0.25) is 0 Å². The third-order valence-electron chi connectivity index (χ3n) is 3.61. The van der Waals surface area contributed by atoms with E-state index in [1.54, 1.807) is 0 Å². The van der Waals surface area contributed by atoms with E-state index in [0.717, 1.165) is 5.82 Å². The van der Waals surface area contributed by atoms with Crippen molar-refractivity contribution in [3.05, 3.63) is 46.4 Å². The molecule has 114 valence electrons. The van der Waals surface area contributed by atoms with Crippen LogP contribution in [0.4, 0.5) is 0 Å². The Hall–Kier alpha value is -1.66. The number of aryl methyl sites for hydroxylation is 4. The standard InChI is InChI=1S/C15H21N3O2S/c1-5-14-17-15(21(16,19)20)9-18(14)8-13-11(3)6-10(2)7-12(13)4/h6-7,9H,5,8H2,1-4H3,(H2,16,19,20). The molecule has 5 nitrogen and oxygen atoms in total. The topological polar surface area (TPSA) is 78.0 Å². The predicted molar refractivity (Wildman–Crippen MR) is 82.7 cm³/mol. The molecule has 0 aliphatic carbocycles. The molecule has 1 heterocycles. The maximum Gasteiger partial charge on any atom is 0.257 e. The van der Waals surface area contributed by atoms with E-state index in [1.807, 2.05) is 11.5 Å². The molecule has 1 aromatic heterocycles. The average Bonchev–Trinajstić information content (AvgIpc) is 2.76. The second-order valence-corrected chi connectivity index (χ2v) is 6.91. The van der Waals surface area contributed by atoms with Crippen LogP contribution in [-0.2, 0) is 23.0 Å². The molecule has 21 heavy (non-hydrogen) atoms. The van der Waals surface area contributed by atoms with Crippen molar-refractivity contribution in [2.75, 3.05) is 0 Å². The molecule has 0 amide bonds. The van der Waals surface area contributed by atoms with Crippen LogP contribution in [0.2, 0.25) is 0 Å². The number of hydrogen-bond acceptors (Lipinski definition) is 3. The summed E-state index contributed by atoms with van der Waals surface area (Å²) >= 11 is 0. The summed E-state index contributed by atoms with van der Waals surface area (Å²) in [5, 5.41) is 5.10. The summed E-state index contributed by atoms with van der Waals surface area (Å²) in [6.45, 7) is 8.75. The predicted octanol–water partition coefficient (Wildman–Crippen LogP) is 2.07. The second kappa shape index (κ2) is 5.61. The zero-order valence-electron chi connectivity index (χ0n) is 12.8. The first kappa shape index (κ1) is 15.7. The molecule has 0 bridgehead atoms. The van der Waals surface area contributed by atoms with Gasteiger partial charge in [0.2, 0.25) is 0 Å². The molecule has 0 saturated carbocycles. The molecular formula is C15H21N3O2S. The number of imidazole rings is 1. The minimum Gasteiger partial charge on any atom is -0.329 e. The fraction of sp³-hybridized carbons (Fsp3) is 0.400. The maximum atomic E-state index is 11.4. The molecule has 0 fully saturated rings. The van der Waals surface area contributed by atoms with Gasteiger partial charge in [-0.25, -0.2) is 18.5 Å². The minimum atomic E-state index is -3.77. The van der Waals surface area contributed by atoms with Gasteiger partial charge >= 0.3 is 0 Å². The van der Waals surface area contributed by atoms with E-state index < -0.39 is 10.0 Å². The van der Waals surface area contributed by atoms with E-state index in [2.05, 4.69) is 37.9 Å². The number of rotatable bonds is 4. The first-order chi connectivity index (χ1) is 9.72. The Morgan fingerprint density at radius 2 is 1.76 bits per heavy atom. The number of benzene rings is 1. The highest BCUT2D eigenvalue weighted by molar-refractivity contribution is 7.89. The number of sulfonamides is 1. The lowest BCUT2D eigenvalue weighted by Crippen LogP contribution is -2.12. The van der Waals surface area contributed by atoms with E-state index in [-0.39, 0.29) is 5.03 Å². The van der Waals surface area contributed by atoms with Crippen LogP contribution in [0.5, 0.6) is 0 Å². The highest BCUT2D eigenvalue weighted by Gasteiger charge is 2.16. The van der Waals surface area contributed by atoms with Gasteiger partial charge in [0.25, 0.3) is 10.0 Å². The molecule has 1 aromatic carbocycles. The van der Waals surface area contributed by atoms with Gasteiger partial charge in [-0.1, -0.05) is 24.6 Å². The van der Waals surface area contributed by atoms with Gasteiger partial charge in [-0.05, 0) is 37.5 Å². The first-order valence-corrected chi connectivity index (χ1v) is 8.42. The number of nitrogens with two attached hydrogens (primary N) is 1. The fourth-order valence-electron chi connectivity index (χ4n) is 2.61. The van der Waals surface area contributed by atoms with Gasteiger partial charge in [-0.15, -0.1) is 0 Å². The SMILES string of the molecule is CCc1nc(S(N)(=O)=O)cn1Cc1c(C)cc(C)cc1C. The second-order valence-electron chi connectivity index (χ2n) is 5.40. The molecule has 0 unspecified atom stereocenters. The van der Waals surface area contributed by atoms with E-state index >= 15 is 0 Å². The molecule has 0 radical (unpaired) electrons. The van der Waals surface area contributed by atoms with Gasteiger partial charge in [-0.2, -0.15) is 0 Å². The molecule has 0 saturated heterocycles. The zero-order valence-corrected chi connectivity index (χ0v) is 13.7. The lowest BCUT2D eigenvalue weighted by atomic mass is 10.00. The Balaban J connectivity index is 2.47. The number of primary sulfonamides is 1. The Morgan fingerprint density at radius 3 is 2.24 bits per heavy atom. The molecule has 0 atom stereocenters. The van der Waals surface area contributed by atoms with E-state index in [9.17, 15) is 8.42 Å². The van der Waals surface area contributed by atoms with E-state index in [0.29, 0.717) is 13.0 Å². The number of hydrogen-bond donors (Lipinski definition) is 1. The average molecular weight is 307 g/mol. The van der Waals surface area contributed by atoms with Crippen molar-refractivity contribution in [2.45, 2.75) is 45.7 Å². The summed E-state index contributed by atoms with van der Waals surface area (Å²) < 4.78 is 24.8. The minimum absolute atomic E-state index is 0.0678. The normalized spacial score (nSPS) is 11.9. The van der Waals surface area contributed by atoms with Crippen molar-refractivity contribution in [1.82, 2.24) is 9.55 Å². The van der Waals surface area contributed by atoms with Crippen LogP contribution in [-0.4, -0.2) is 18.0 Å². The van der Waals surface area contributed by atoms with Crippen LogP contribution >= 0.6 is 0 Å². The summed E-state index contributed by atoms with van der Waals surface area (Å²) in [5.74, 6) is 0.721. The van der Waals surface area contributed by atoms with Gasteiger partial charge in [0.05, 0.1) is 0 Å². The molecule has 0 spiro atoms. The van der Waals surface area contributed by atoms with Gasteiger partial charge in [0, 0.05) is 19.2 Å². The number of aromatic nitrogens is 2. The van der Waals surface area contributed by atoms with Crippen molar-refractivity contribution in [1.29, 1.82) is 0 Å². The molecular weight excluding hydrogens is 286 g/mol. The summed E-state index contributed by atoms with van der Waals surface area (Å²) in [7, 11) is -3.77. The third-order valence-corrected chi connectivity index (χ3v) is 4.39. The first-order valence-electron chi connectivity index (χ1n) is 6.88. The van der Waals surface area contributed by atoms with Crippen LogP contribution in [0.1, 0.15) is 35.0 Å². The summed E-state index contributed by atoms with van der Waals surface area (Å²) in [5.41, 5.74) is 4.80. The Kier molecular flexibility index (Phi) is 4.20. The van der Waals surface area contributed by atoms with Crippen LogP contribution in [0, 0.1) is 20.8 Å². The van der Waals surface area contributed by atoms with Crippen molar-refractivity contribution >= 4 is 10.0 Å². The summed E-state index contributed by atoms with van der Waals surface area (Å²) in [6, 6.07) is 4.26. The summed E-state index contributed by atoms with van der Waals surface area (Å²) in [4.78, 5) is 4.12. The molecule has 2 rings (SSSR count). The lowest BCUT2D eigenvalue weighted by Gasteiger charge is -2.13. The van der Waals surface area contributed by atoms with Crippen molar-refractivity contribution < 1.29 is 8.42 Å². The molecule has 6 heteroatoms. The summed E-state index contributed by atoms with van der Waals surface area (Å²) in [6.07, 6.45) is 2.17. The lowest BCUT2D eigenvalue weighted by molar-refractivity contribution is 0.594. The van der Waals surface area contributed by atoms with E-state index in [1.165, 1.54) is 28.5 Å². The van der Waals surface area contributed by atoms with Crippen molar-refractivity contribution in [3.8, 4) is 0 Å². The molecule has 0 aliphatic heterocycles. The Bertz CT molecular complexity index is 753. The quantitative estimate of drug-likeness (QED) is 0.939. The Labute approximate surface area is 125 Å². The van der Waals surface area contributed by atoms with Gasteiger partial charge in [0.15, 0.2) is 5.03 Å². The molecule has 0 aliphatic rings. The Morgan fingerprint density at radius 1 is 1.19 bits per heavy atom. The van der Waals surface area contributed by atoms with Crippen LogP contribution in [0.15, 0.2) is 23.4 Å². The monoisotopic (exact) mass is 307 g/mol. The van der Waals surface area contributed by atoms with Crippen LogP contribution in [0.25, 0.3) is 0 Å². The molecule has 2 aromatic rings. The highest BCUT2D eigenvalue weighted by Crippen LogP contribution is 2.19. The maximum absolute atomic E-state index is 11.4. The van der Waals surface area contributed by atoms with Crippen LogP contribution < -0.4 is 5.14 Å². The number of nitrogens with zero attached hydrogens (tertiary/aromatic N) is 2.